The highest BCUT2D eigenvalue weighted by atomic mass is 79.9. The summed E-state index contributed by atoms with van der Waals surface area (Å²) in [6.07, 6.45) is 0.617. The lowest BCUT2D eigenvalue weighted by Gasteiger charge is -2.08. The molecule has 1 N–H and O–H groups in total. The lowest BCUT2D eigenvalue weighted by atomic mass is 10.3. The highest BCUT2D eigenvalue weighted by molar-refractivity contribution is 9.10. The fourth-order valence-electron chi connectivity index (χ4n) is 1.39. The van der Waals surface area contributed by atoms with Crippen molar-refractivity contribution >= 4 is 31.5 Å². The molecule has 1 aromatic carbocycles. The van der Waals surface area contributed by atoms with Crippen molar-refractivity contribution in [2.75, 3.05) is 23.4 Å². The molecule has 6 heteroatoms. The highest BCUT2D eigenvalue weighted by Crippen LogP contribution is 2.22. The first kappa shape index (κ1) is 14.4. The van der Waals surface area contributed by atoms with Crippen molar-refractivity contribution in [2.45, 2.75) is 13.3 Å². The Morgan fingerprint density at radius 2 is 2.06 bits per heavy atom. The van der Waals surface area contributed by atoms with Gasteiger partial charge in [0.05, 0.1) is 11.4 Å². The summed E-state index contributed by atoms with van der Waals surface area (Å²) < 4.78 is 36.6. The summed E-state index contributed by atoms with van der Waals surface area (Å²) in [5.74, 6) is -0.102. The number of halogens is 2. The molecule has 1 rings (SSSR count). The Balaban J connectivity index is 2.54. The summed E-state index contributed by atoms with van der Waals surface area (Å²) in [4.78, 5) is 0. The molecule has 17 heavy (non-hydrogen) atoms. The minimum atomic E-state index is -3.00. The predicted molar refractivity (Wildman–Crippen MR) is 71.5 cm³/mol. The third kappa shape index (κ3) is 5.04. The van der Waals surface area contributed by atoms with Crippen LogP contribution in [-0.2, 0) is 9.84 Å². The molecule has 3 nitrogen and oxygen atoms in total. The van der Waals surface area contributed by atoms with E-state index in [4.69, 9.17) is 0 Å². The zero-order valence-corrected chi connectivity index (χ0v) is 11.9. The van der Waals surface area contributed by atoms with Crippen molar-refractivity contribution in [1.82, 2.24) is 0 Å². The molecule has 0 bridgehead atoms. The van der Waals surface area contributed by atoms with Crippen LogP contribution in [0.5, 0.6) is 0 Å². The minimum Gasteiger partial charge on any atom is -0.383 e. The van der Waals surface area contributed by atoms with Crippen LogP contribution in [-0.4, -0.2) is 26.5 Å². The van der Waals surface area contributed by atoms with E-state index in [1.54, 1.807) is 6.07 Å². The van der Waals surface area contributed by atoms with Gasteiger partial charge in [-0.25, -0.2) is 12.8 Å². The van der Waals surface area contributed by atoms with Crippen molar-refractivity contribution < 1.29 is 12.8 Å². The van der Waals surface area contributed by atoms with Crippen LogP contribution in [0.25, 0.3) is 0 Å². The summed E-state index contributed by atoms with van der Waals surface area (Å²) in [5.41, 5.74) is 0.566. The lowest BCUT2D eigenvalue weighted by Crippen LogP contribution is -2.18. The Hall–Kier alpha value is -0.620. The van der Waals surface area contributed by atoms with Crippen molar-refractivity contribution in [3.63, 3.8) is 0 Å². The Morgan fingerprint density at radius 3 is 2.71 bits per heavy atom. The molecule has 0 unspecified atom stereocenters. The van der Waals surface area contributed by atoms with E-state index in [0.29, 0.717) is 16.6 Å². The second-order valence-electron chi connectivity index (χ2n) is 3.70. The fourth-order valence-corrected chi connectivity index (χ4v) is 3.01. The van der Waals surface area contributed by atoms with E-state index in [9.17, 15) is 12.8 Å². The molecule has 0 saturated carbocycles. The average Bonchev–Trinajstić information content (AvgIpc) is 2.23. The number of sulfone groups is 1. The summed E-state index contributed by atoms with van der Waals surface area (Å²) in [7, 11) is -3.00. The van der Waals surface area contributed by atoms with Crippen LogP contribution in [0.1, 0.15) is 13.3 Å². The van der Waals surface area contributed by atoms with E-state index in [2.05, 4.69) is 21.2 Å². The third-order valence-corrected chi connectivity index (χ3v) is 4.72. The molecule has 0 aliphatic rings. The molecular weight excluding hydrogens is 309 g/mol. The van der Waals surface area contributed by atoms with E-state index < -0.39 is 9.84 Å². The standard InChI is InChI=1S/C11H15BrFNO2S/c1-2-6-17(15,16)7-5-14-11-8-9(13)3-4-10(11)12/h3-4,8,14H,2,5-7H2,1H3. The first-order chi connectivity index (χ1) is 7.94. The molecule has 0 saturated heterocycles. The van der Waals surface area contributed by atoms with Gasteiger partial charge in [-0.1, -0.05) is 6.92 Å². The fraction of sp³-hybridized carbons (Fsp3) is 0.455. The van der Waals surface area contributed by atoms with Crippen LogP contribution < -0.4 is 5.32 Å². The van der Waals surface area contributed by atoms with Gasteiger partial charge in [-0.05, 0) is 40.5 Å². The number of rotatable bonds is 6. The second kappa shape index (κ2) is 6.35. The summed E-state index contributed by atoms with van der Waals surface area (Å²) in [6.45, 7) is 2.11. The number of hydrogen-bond acceptors (Lipinski definition) is 3. The molecular formula is C11H15BrFNO2S. The maximum absolute atomic E-state index is 13.0. The highest BCUT2D eigenvalue weighted by Gasteiger charge is 2.09. The first-order valence-electron chi connectivity index (χ1n) is 5.34. The molecule has 0 aromatic heterocycles. The predicted octanol–water partition coefficient (Wildman–Crippen LogP) is 2.82. The van der Waals surface area contributed by atoms with E-state index in [0.717, 1.165) is 0 Å². The molecule has 0 aliphatic heterocycles. The minimum absolute atomic E-state index is 0.0593. The lowest BCUT2D eigenvalue weighted by molar-refractivity contribution is 0.595. The maximum Gasteiger partial charge on any atom is 0.152 e. The van der Waals surface area contributed by atoms with Crippen molar-refractivity contribution in [3.05, 3.63) is 28.5 Å². The molecule has 0 radical (unpaired) electrons. The van der Waals surface area contributed by atoms with Crippen LogP contribution in [0, 0.1) is 5.82 Å². The second-order valence-corrected chi connectivity index (χ2v) is 6.86. The summed E-state index contributed by atoms with van der Waals surface area (Å²) >= 11 is 3.26. The molecule has 0 atom stereocenters. The van der Waals surface area contributed by atoms with Crippen LogP contribution in [0.2, 0.25) is 0 Å². The smallest absolute Gasteiger partial charge is 0.152 e. The largest absolute Gasteiger partial charge is 0.383 e. The summed E-state index contributed by atoms with van der Waals surface area (Å²) in [5, 5.41) is 2.90. The molecule has 0 spiro atoms. The molecule has 0 fully saturated rings. The zero-order valence-electron chi connectivity index (χ0n) is 9.54. The Labute approximate surface area is 109 Å². The molecule has 96 valence electrons. The molecule has 0 amide bonds. The number of anilines is 1. The Kier molecular flexibility index (Phi) is 5.39. The van der Waals surface area contributed by atoms with Gasteiger partial charge in [0.1, 0.15) is 5.82 Å². The van der Waals surface area contributed by atoms with E-state index >= 15 is 0 Å². The quantitative estimate of drug-likeness (QED) is 0.875. The molecule has 0 aliphatic carbocycles. The Morgan fingerprint density at radius 1 is 1.35 bits per heavy atom. The monoisotopic (exact) mass is 323 g/mol. The number of benzene rings is 1. The van der Waals surface area contributed by atoms with Crippen molar-refractivity contribution in [2.24, 2.45) is 0 Å². The Bertz CT molecular complexity index is 476. The number of nitrogens with one attached hydrogen (secondary N) is 1. The van der Waals surface area contributed by atoms with E-state index in [1.807, 2.05) is 6.92 Å². The molecule has 0 heterocycles. The van der Waals surface area contributed by atoms with Gasteiger partial charge in [0.15, 0.2) is 9.84 Å². The van der Waals surface area contributed by atoms with Crippen molar-refractivity contribution in [1.29, 1.82) is 0 Å². The van der Waals surface area contributed by atoms with Crippen LogP contribution >= 0.6 is 15.9 Å². The first-order valence-corrected chi connectivity index (χ1v) is 7.95. The van der Waals surface area contributed by atoms with E-state index in [1.165, 1.54) is 12.1 Å². The van der Waals surface area contributed by atoms with Crippen LogP contribution in [0.3, 0.4) is 0 Å². The topological polar surface area (TPSA) is 46.2 Å². The van der Waals surface area contributed by atoms with Crippen LogP contribution in [0.4, 0.5) is 10.1 Å². The van der Waals surface area contributed by atoms with Gasteiger partial charge >= 0.3 is 0 Å². The molecule has 1 aromatic rings. The van der Waals surface area contributed by atoms with Gasteiger partial charge in [-0.3, -0.25) is 0 Å². The van der Waals surface area contributed by atoms with Gasteiger partial charge in [0.2, 0.25) is 0 Å². The zero-order chi connectivity index (χ0) is 12.9. The van der Waals surface area contributed by atoms with Gasteiger partial charge < -0.3 is 5.32 Å². The van der Waals surface area contributed by atoms with Crippen molar-refractivity contribution in [3.8, 4) is 0 Å². The van der Waals surface area contributed by atoms with Gasteiger partial charge in [0.25, 0.3) is 0 Å². The van der Waals surface area contributed by atoms with E-state index in [-0.39, 0.29) is 23.9 Å². The van der Waals surface area contributed by atoms with Gasteiger partial charge in [-0.2, -0.15) is 0 Å². The normalized spacial score (nSPS) is 11.5. The summed E-state index contributed by atoms with van der Waals surface area (Å²) in [6, 6.07) is 4.25. The SMILES string of the molecule is CCCS(=O)(=O)CCNc1cc(F)ccc1Br. The number of hydrogen-bond donors (Lipinski definition) is 1. The van der Waals surface area contributed by atoms with Gasteiger partial charge in [0, 0.05) is 16.8 Å². The maximum atomic E-state index is 13.0. The third-order valence-electron chi connectivity index (χ3n) is 2.17. The average molecular weight is 324 g/mol. The van der Waals surface area contributed by atoms with Gasteiger partial charge in [-0.15, -0.1) is 0 Å². The van der Waals surface area contributed by atoms with Crippen LogP contribution in [0.15, 0.2) is 22.7 Å².